The maximum absolute atomic E-state index is 13.4. The van der Waals surface area contributed by atoms with Crippen molar-refractivity contribution in [1.82, 2.24) is 9.55 Å². The highest BCUT2D eigenvalue weighted by molar-refractivity contribution is 5.11. The molecule has 2 N–H and O–H groups in total. The van der Waals surface area contributed by atoms with E-state index < -0.39 is 22.9 Å². The molecule has 1 aromatic rings. The number of aromatic amines is 1. The molecule has 1 fully saturated rings. The molecule has 0 saturated heterocycles. The van der Waals surface area contributed by atoms with Gasteiger partial charge in [0, 0.05) is 6.04 Å². The van der Waals surface area contributed by atoms with Gasteiger partial charge in [-0.25, -0.2) is 4.79 Å². The van der Waals surface area contributed by atoms with Gasteiger partial charge < -0.3 is 5.11 Å². The number of H-pyrrole nitrogens is 1. The van der Waals surface area contributed by atoms with Gasteiger partial charge in [-0.1, -0.05) is 26.2 Å². The summed E-state index contributed by atoms with van der Waals surface area (Å²) in [5, 5.41) is 9.69. The molecule has 0 aliphatic heterocycles. The van der Waals surface area contributed by atoms with E-state index in [0.29, 0.717) is 0 Å². The van der Waals surface area contributed by atoms with Crippen LogP contribution in [0.3, 0.4) is 0 Å². The minimum atomic E-state index is -1.28. The average Bonchev–Trinajstić information content (AvgIpc) is 2.37. The molecule has 2 atom stereocenters. The van der Waals surface area contributed by atoms with Gasteiger partial charge in [-0.2, -0.15) is 4.39 Å². The second kappa shape index (κ2) is 4.96. The summed E-state index contributed by atoms with van der Waals surface area (Å²) in [6.45, 7) is 2.01. The van der Waals surface area contributed by atoms with E-state index in [2.05, 4.69) is 0 Å². The van der Waals surface area contributed by atoms with Gasteiger partial charge in [0.2, 0.25) is 11.7 Å². The molecule has 6 heteroatoms. The van der Waals surface area contributed by atoms with E-state index in [4.69, 9.17) is 0 Å². The lowest BCUT2D eigenvalue weighted by Crippen LogP contribution is -2.37. The van der Waals surface area contributed by atoms with Crippen LogP contribution in [0.1, 0.15) is 45.1 Å². The van der Waals surface area contributed by atoms with Crippen LogP contribution in [0, 0.1) is 11.7 Å². The topological polar surface area (TPSA) is 75.1 Å². The zero-order chi connectivity index (χ0) is 13.3. The second-order valence-corrected chi connectivity index (χ2v) is 4.79. The van der Waals surface area contributed by atoms with E-state index in [1.807, 2.05) is 11.9 Å². The van der Waals surface area contributed by atoms with Gasteiger partial charge >= 0.3 is 5.69 Å². The van der Waals surface area contributed by atoms with Crippen LogP contribution in [0.5, 0.6) is 5.88 Å². The molecule has 1 heterocycles. The van der Waals surface area contributed by atoms with Crippen molar-refractivity contribution in [3.05, 3.63) is 26.7 Å². The molecule has 1 aliphatic carbocycles. The van der Waals surface area contributed by atoms with E-state index in [9.17, 15) is 19.1 Å². The van der Waals surface area contributed by atoms with Crippen molar-refractivity contribution >= 4 is 0 Å². The molecule has 0 bridgehead atoms. The minimum absolute atomic E-state index is 0.229. The van der Waals surface area contributed by atoms with E-state index >= 15 is 0 Å². The molecule has 0 radical (unpaired) electrons. The SMILES string of the molecule is CCC1CCCCC1n1c(O)c(F)c(=O)[nH]c1=O. The van der Waals surface area contributed by atoms with Crippen molar-refractivity contribution in [2.24, 2.45) is 5.92 Å². The fraction of sp³-hybridized carbons (Fsp3) is 0.667. The van der Waals surface area contributed by atoms with Crippen LogP contribution in [-0.4, -0.2) is 14.7 Å². The summed E-state index contributed by atoms with van der Waals surface area (Å²) < 4.78 is 14.4. The van der Waals surface area contributed by atoms with Crippen LogP contribution >= 0.6 is 0 Å². The number of halogens is 1. The number of aromatic hydroxyl groups is 1. The average molecular weight is 256 g/mol. The standard InChI is InChI=1S/C12H17FN2O3/c1-2-7-5-3-4-6-8(7)15-11(17)9(13)10(16)14-12(15)18/h7-8,17H,2-6H2,1H3,(H,14,16,18). The van der Waals surface area contributed by atoms with Gasteiger partial charge in [0.25, 0.3) is 5.56 Å². The second-order valence-electron chi connectivity index (χ2n) is 4.79. The van der Waals surface area contributed by atoms with Crippen LogP contribution in [0.25, 0.3) is 0 Å². The van der Waals surface area contributed by atoms with Crippen molar-refractivity contribution in [3.63, 3.8) is 0 Å². The highest BCUT2D eigenvalue weighted by Crippen LogP contribution is 2.36. The first-order chi connectivity index (χ1) is 8.56. The van der Waals surface area contributed by atoms with Crippen molar-refractivity contribution in [3.8, 4) is 5.88 Å². The van der Waals surface area contributed by atoms with E-state index in [1.54, 1.807) is 0 Å². The van der Waals surface area contributed by atoms with E-state index in [1.165, 1.54) is 0 Å². The number of nitrogens with one attached hydrogen (secondary N) is 1. The molecule has 5 nitrogen and oxygen atoms in total. The van der Waals surface area contributed by atoms with Crippen molar-refractivity contribution in [2.45, 2.75) is 45.1 Å². The molecule has 2 rings (SSSR count). The summed E-state index contributed by atoms with van der Waals surface area (Å²) in [6.07, 6.45) is 4.55. The molecule has 100 valence electrons. The Hall–Kier alpha value is -1.59. The summed E-state index contributed by atoms with van der Waals surface area (Å²) in [4.78, 5) is 24.7. The molecule has 2 unspecified atom stereocenters. The predicted octanol–water partition coefficient (Wildman–Crippen LogP) is 1.52. The van der Waals surface area contributed by atoms with Gasteiger partial charge in [0.05, 0.1) is 0 Å². The Morgan fingerprint density at radius 3 is 2.72 bits per heavy atom. The normalized spacial score (nSPS) is 24.1. The number of rotatable bonds is 2. The maximum atomic E-state index is 13.4. The third kappa shape index (κ3) is 2.07. The Balaban J connectivity index is 2.53. The smallest absolute Gasteiger partial charge is 0.331 e. The summed E-state index contributed by atoms with van der Waals surface area (Å²) in [6, 6.07) is -0.234. The fourth-order valence-electron chi connectivity index (χ4n) is 2.83. The van der Waals surface area contributed by atoms with Crippen LogP contribution in [0.4, 0.5) is 4.39 Å². The van der Waals surface area contributed by atoms with Gasteiger partial charge in [0.15, 0.2) is 0 Å². The molecule has 0 aromatic carbocycles. The first kappa shape index (κ1) is 12.9. The lowest BCUT2D eigenvalue weighted by atomic mass is 9.82. The molecular formula is C12H17FN2O3. The molecular weight excluding hydrogens is 239 g/mol. The largest absolute Gasteiger partial charge is 0.492 e. The Labute approximate surface area is 103 Å². The lowest BCUT2D eigenvalue weighted by Gasteiger charge is -2.32. The van der Waals surface area contributed by atoms with Gasteiger partial charge in [0.1, 0.15) is 0 Å². The Morgan fingerprint density at radius 1 is 1.39 bits per heavy atom. The summed E-state index contributed by atoms with van der Waals surface area (Å²) in [5.74, 6) is -1.89. The Kier molecular flexibility index (Phi) is 3.54. The third-order valence-electron chi connectivity index (χ3n) is 3.79. The van der Waals surface area contributed by atoms with Crippen LogP contribution in [0.2, 0.25) is 0 Å². The molecule has 1 saturated carbocycles. The Bertz CT molecular complexity index is 549. The monoisotopic (exact) mass is 256 g/mol. The first-order valence-corrected chi connectivity index (χ1v) is 6.29. The van der Waals surface area contributed by atoms with E-state index in [-0.39, 0.29) is 12.0 Å². The van der Waals surface area contributed by atoms with Crippen LogP contribution in [-0.2, 0) is 0 Å². The number of hydrogen-bond donors (Lipinski definition) is 2. The van der Waals surface area contributed by atoms with E-state index in [0.717, 1.165) is 36.7 Å². The molecule has 18 heavy (non-hydrogen) atoms. The minimum Gasteiger partial charge on any atom is -0.492 e. The number of hydrogen-bond acceptors (Lipinski definition) is 3. The van der Waals surface area contributed by atoms with Gasteiger partial charge in [-0.05, 0) is 18.8 Å². The van der Waals surface area contributed by atoms with Crippen molar-refractivity contribution < 1.29 is 9.50 Å². The zero-order valence-electron chi connectivity index (χ0n) is 10.3. The van der Waals surface area contributed by atoms with Crippen molar-refractivity contribution in [1.29, 1.82) is 0 Å². The highest BCUT2D eigenvalue weighted by atomic mass is 19.1. The van der Waals surface area contributed by atoms with Gasteiger partial charge in [-0.3, -0.25) is 14.3 Å². The number of nitrogens with zero attached hydrogens (tertiary/aromatic N) is 1. The number of aromatic nitrogens is 2. The Morgan fingerprint density at radius 2 is 2.06 bits per heavy atom. The van der Waals surface area contributed by atoms with Gasteiger partial charge in [-0.15, -0.1) is 0 Å². The lowest BCUT2D eigenvalue weighted by molar-refractivity contribution is 0.203. The predicted molar refractivity (Wildman–Crippen MR) is 64.2 cm³/mol. The summed E-state index contributed by atoms with van der Waals surface area (Å²) in [5.41, 5.74) is -1.90. The maximum Gasteiger partial charge on any atom is 0.331 e. The fourth-order valence-corrected chi connectivity index (χ4v) is 2.83. The molecule has 1 aromatic heterocycles. The van der Waals surface area contributed by atoms with Crippen LogP contribution < -0.4 is 11.2 Å². The summed E-state index contributed by atoms with van der Waals surface area (Å²) >= 11 is 0. The molecule has 1 aliphatic rings. The summed E-state index contributed by atoms with van der Waals surface area (Å²) in [7, 11) is 0. The zero-order valence-corrected chi connectivity index (χ0v) is 10.3. The quantitative estimate of drug-likeness (QED) is 0.842. The highest BCUT2D eigenvalue weighted by Gasteiger charge is 2.29. The van der Waals surface area contributed by atoms with Crippen molar-refractivity contribution in [2.75, 3.05) is 0 Å². The molecule has 0 spiro atoms. The first-order valence-electron chi connectivity index (χ1n) is 6.29. The molecule has 0 amide bonds. The third-order valence-corrected chi connectivity index (χ3v) is 3.79. The van der Waals surface area contributed by atoms with Crippen LogP contribution in [0.15, 0.2) is 9.59 Å².